The van der Waals surface area contributed by atoms with Crippen LogP contribution in [-0.4, -0.2) is 58.4 Å². The lowest BCUT2D eigenvalue weighted by Gasteiger charge is -2.51. The monoisotopic (exact) mass is 505 g/mol. The maximum absolute atomic E-state index is 13.7. The van der Waals surface area contributed by atoms with Gasteiger partial charge in [-0.1, -0.05) is 32.9 Å². The third-order valence-corrected chi connectivity index (χ3v) is 8.83. The number of fused-ring (bicyclic) bond motifs is 5. The number of anilines is 1. The molecule has 0 aliphatic carbocycles. The average Bonchev–Trinajstić information content (AvgIpc) is 2.87. The topological polar surface area (TPSA) is 78.4 Å². The Balaban J connectivity index is 1.39. The highest BCUT2D eigenvalue weighted by Crippen LogP contribution is 2.39. The van der Waals surface area contributed by atoms with Crippen molar-refractivity contribution in [3.63, 3.8) is 0 Å². The fourth-order valence-electron chi connectivity index (χ4n) is 6.90. The molecule has 7 heteroatoms. The highest BCUT2D eigenvalue weighted by atomic mass is 16.2. The lowest BCUT2D eigenvalue weighted by atomic mass is 9.77. The molecule has 2 aromatic rings. The van der Waals surface area contributed by atoms with E-state index >= 15 is 0 Å². The van der Waals surface area contributed by atoms with Crippen molar-refractivity contribution in [1.29, 1.82) is 0 Å². The molecule has 37 heavy (non-hydrogen) atoms. The second-order valence-corrected chi connectivity index (χ2v) is 12.2. The molecule has 4 heterocycles. The van der Waals surface area contributed by atoms with Gasteiger partial charge in [-0.05, 0) is 74.8 Å². The summed E-state index contributed by atoms with van der Waals surface area (Å²) >= 11 is 0. The Morgan fingerprint density at radius 1 is 1.03 bits per heavy atom. The van der Waals surface area contributed by atoms with Crippen molar-refractivity contribution in [3.8, 4) is 0 Å². The number of benzene rings is 1. The quantitative estimate of drug-likeness (QED) is 0.639. The molecule has 3 aliphatic heterocycles. The number of hydrogen-bond acceptors (Lipinski definition) is 5. The molecule has 5 rings (SSSR count). The number of carbonyl (C=O) groups excluding carboxylic acids is 2. The van der Waals surface area contributed by atoms with Gasteiger partial charge in [-0.3, -0.25) is 9.59 Å². The van der Waals surface area contributed by atoms with Gasteiger partial charge in [-0.25, -0.2) is 9.97 Å². The van der Waals surface area contributed by atoms with E-state index in [-0.39, 0.29) is 18.0 Å². The number of piperidine rings is 2. The van der Waals surface area contributed by atoms with E-state index < -0.39 is 0 Å². The minimum atomic E-state index is 0.158. The molecule has 3 aliphatic rings. The van der Waals surface area contributed by atoms with Gasteiger partial charge in [0.1, 0.15) is 11.6 Å². The third kappa shape index (κ3) is 5.75. The Morgan fingerprint density at radius 2 is 1.84 bits per heavy atom. The minimum Gasteiger partial charge on any atom is -0.355 e. The number of aromatic nitrogens is 2. The number of nitrogens with one attached hydrogen (secondary N) is 1. The van der Waals surface area contributed by atoms with E-state index in [1.807, 2.05) is 13.0 Å². The summed E-state index contributed by atoms with van der Waals surface area (Å²) in [7, 11) is 0. The fraction of sp³-hybridized carbons (Fsp3) is 0.667. The van der Waals surface area contributed by atoms with Crippen molar-refractivity contribution in [3.05, 3.63) is 30.1 Å². The van der Waals surface area contributed by atoms with E-state index in [2.05, 4.69) is 59.1 Å². The molecular formula is C30H43N5O2. The Hall–Kier alpha value is -2.70. The van der Waals surface area contributed by atoms with Crippen LogP contribution in [-0.2, 0) is 9.59 Å². The number of para-hydroxylation sites is 1. The first-order chi connectivity index (χ1) is 17.8. The fourth-order valence-corrected chi connectivity index (χ4v) is 6.90. The van der Waals surface area contributed by atoms with Gasteiger partial charge in [-0.2, -0.15) is 0 Å². The normalized spacial score (nSPS) is 29.8. The van der Waals surface area contributed by atoms with Crippen LogP contribution in [0.2, 0.25) is 0 Å². The summed E-state index contributed by atoms with van der Waals surface area (Å²) < 4.78 is 0. The van der Waals surface area contributed by atoms with Gasteiger partial charge >= 0.3 is 0 Å². The van der Waals surface area contributed by atoms with E-state index in [9.17, 15) is 9.59 Å². The van der Waals surface area contributed by atoms with Crippen molar-refractivity contribution in [2.45, 2.75) is 84.7 Å². The van der Waals surface area contributed by atoms with Crippen LogP contribution in [0.1, 0.15) is 71.5 Å². The van der Waals surface area contributed by atoms with E-state index in [4.69, 9.17) is 4.98 Å². The molecule has 3 saturated heterocycles. The Kier molecular flexibility index (Phi) is 7.68. The van der Waals surface area contributed by atoms with Crippen molar-refractivity contribution in [2.24, 2.45) is 23.7 Å². The SMILES string of the molecule is Cc1nc(N2C[C@@H]3C[C@@H](C2)[C@@H]2CCCC(=O)N[C@H](C(C)C)CC[C@@H](C)CC(=O)N2C3)c2ccccc2n1. The van der Waals surface area contributed by atoms with Crippen LogP contribution in [0.4, 0.5) is 5.82 Å². The van der Waals surface area contributed by atoms with Crippen molar-refractivity contribution >= 4 is 28.5 Å². The molecule has 1 aromatic heterocycles. The summed E-state index contributed by atoms with van der Waals surface area (Å²) in [5.74, 6) is 3.83. The third-order valence-electron chi connectivity index (χ3n) is 8.83. The largest absolute Gasteiger partial charge is 0.355 e. The maximum Gasteiger partial charge on any atom is 0.223 e. The second kappa shape index (κ2) is 11.0. The van der Waals surface area contributed by atoms with Crippen molar-refractivity contribution in [1.82, 2.24) is 20.2 Å². The first-order valence-electron chi connectivity index (χ1n) is 14.4. The molecule has 3 fully saturated rings. The number of hydrogen-bond donors (Lipinski definition) is 1. The van der Waals surface area contributed by atoms with E-state index in [1.54, 1.807) is 0 Å². The predicted molar refractivity (Wildman–Crippen MR) is 147 cm³/mol. The smallest absolute Gasteiger partial charge is 0.223 e. The second-order valence-electron chi connectivity index (χ2n) is 12.2. The highest BCUT2D eigenvalue weighted by molar-refractivity contribution is 5.89. The molecule has 0 radical (unpaired) electrons. The van der Waals surface area contributed by atoms with Gasteiger partial charge in [0.2, 0.25) is 11.8 Å². The van der Waals surface area contributed by atoms with Gasteiger partial charge in [0.15, 0.2) is 0 Å². The van der Waals surface area contributed by atoms with Crippen molar-refractivity contribution < 1.29 is 9.59 Å². The van der Waals surface area contributed by atoms with Crippen LogP contribution < -0.4 is 10.2 Å². The molecule has 0 unspecified atom stereocenters. The summed E-state index contributed by atoms with van der Waals surface area (Å²) in [5.41, 5.74) is 0.985. The summed E-state index contributed by atoms with van der Waals surface area (Å²) in [5, 5.41) is 4.39. The Morgan fingerprint density at radius 3 is 2.65 bits per heavy atom. The van der Waals surface area contributed by atoms with Crippen LogP contribution in [0.3, 0.4) is 0 Å². The molecule has 2 bridgehead atoms. The summed E-state index contributed by atoms with van der Waals surface area (Å²) in [6, 6.07) is 8.63. The number of amides is 2. The molecule has 200 valence electrons. The van der Waals surface area contributed by atoms with Gasteiger partial charge in [0.05, 0.1) is 5.52 Å². The molecule has 1 N–H and O–H groups in total. The zero-order valence-electron chi connectivity index (χ0n) is 22.9. The molecule has 0 spiro atoms. The average molecular weight is 506 g/mol. The van der Waals surface area contributed by atoms with E-state index in [0.29, 0.717) is 42.4 Å². The Labute approximate surface area is 221 Å². The van der Waals surface area contributed by atoms with Crippen LogP contribution in [0.15, 0.2) is 24.3 Å². The maximum atomic E-state index is 13.7. The van der Waals surface area contributed by atoms with E-state index in [1.165, 1.54) is 0 Å². The van der Waals surface area contributed by atoms with Crippen LogP contribution in [0, 0.1) is 30.6 Å². The number of carbonyl (C=O) groups is 2. The molecule has 0 saturated carbocycles. The molecule has 5 atom stereocenters. The number of nitrogens with zero attached hydrogens (tertiary/aromatic N) is 4. The predicted octanol–water partition coefficient (Wildman–Crippen LogP) is 4.72. The molecule has 2 amide bonds. The Bertz CT molecular complexity index is 1130. The minimum absolute atomic E-state index is 0.158. The standard InChI is InChI=1S/C30H43N5O2/c1-19(2)25-13-12-20(3)14-29(37)35-17-22-15-23(27(35)10-7-11-28(36)33-25)18-34(16-22)30-24-8-5-6-9-26(24)31-21(4)32-30/h5-6,8-9,19-20,22-23,25,27H,7,10-18H2,1-4H3,(H,33,36)/t20-,22+,23+,25+,27+/m1/s1. The highest BCUT2D eigenvalue weighted by Gasteiger charge is 2.43. The molecule has 1 aromatic carbocycles. The summed E-state index contributed by atoms with van der Waals surface area (Å²) in [6.45, 7) is 11.1. The van der Waals surface area contributed by atoms with Crippen LogP contribution >= 0.6 is 0 Å². The lowest BCUT2D eigenvalue weighted by molar-refractivity contribution is -0.139. The number of aryl methyl sites for hydroxylation is 1. The summed E-state index contributed by atoms with van der Waals surface area (Å²) in [4.78, 5) is 40.6. The lowest BCUT2D eigenvalue weighted by Crippen LogP contribution is -2.59. The van der Waals surface area contributed by atoms with Crippen LogP contribution in [0.25, 0.3) is 10.9 Å². The zero-order chi connectivity index (χ0) is 26.1. The van der Waals surface area contributed by atoms with Gasteiger partial charge in [0.25, 0.3) is 0 Å². The summed E-state index contributed by atoms with van der Waals surface area (Å²) in [6.07, 6.45) is 5.89. The van der Waals surface area contributed by atoms with E-state index in [0.717, 1.165) is 74.3 Å². The first kappa shape index (κ1) is 25.9. The zero-order valence-corrected chi connectivity index (χ0v) is 22.9. The van der Waals surface area contributed by atoms with Crippen LogP contribution in [0.5, 0.6) is 0 Å². The number of rotatable bonds is 2. The molecular weight excluding hydrogens is 462 g/mol. The molecule has 7 nitrogen and oxygen atoms in total. The van der Waals surface area contributed by atoms with Gasteiger partial charge in [-0.15, -0.1) is 0 Å². The first-order valence-corrected chi connectivity index (χ1v) is 14.4. The van der Waals surface area contributed by atoms with Crippen molar-refractivity contribution in [2.75, 3.05) is 24.5 Å². The van der Waals surface area contributed by atoms with Gasteiger partial charge < -0.3 is 15.1 Å². The van der Waals surface area contributed by atoms with Gasteiger partial charge in [0, 0.05) is 49.9 Å².